The van der Waals surface area contributed by atoms with E-state index in [1.165, 1.54) is 33.4 Å². The molecule has 0 spiro atoms. The molecule has 7 rings (SSSR count). The number of hydrogen-bond donors (Lipinski definition) is 0. The van der Waals surface area contributed by atoms with Crippen molar-refractivity contribution in [1.82, 2.24) is 0 Å². The molecule has 0 saturated heterocycles. The maximum absolute atomic E-state index is 13.9. The highest BCUT2D eigenvalue weighted by atomic mass is 16.1. The molecule has 0 unspecified atom stereocenters. The van der Waals surface area contributed by atoms with Crippen LogP contribution < -0.4 is 0 Å². The van der Waals surface area contributed by atoms with Gasteiger partial charge in [0.15, 0.2) is 5.78 Å². The molecule has 0 heterocycles. The second kappa shape index (κ2) is 10.4. The van der Waals surface area contributed by atoms with Gasteiger partial charge in [0.1, 0.15) is 0 Å². The maximum Gasteiger partial charge on any atom is 0.193 e. The van der Waals surface area contributed by atoms with Crippen molar-refractivity contribution in [1.29, 1.82) is 0 Å². The van der Waals surface area contributed by atoms with Crippen LogP contribution in [0.3, 0.4) is 0 Å². The Morgan fingerprint density at radius 3 is 1.67 bits per heavy atom. The van der Waals surface area contributed by atoms with Crippen molar-refractivity contribution in [3.8, 4) is 33.4 Å². The van der Waals surface area contributed by atoms with Crippen molar-refractivity contribution >= 4 is 5.78 Å². The summed E-state index contributed by atoms with van der Waals surface area (Å²) in [6.07, 6.45) is 0.821. The first-order chi connectivity index (χ1) is 20.5. The fourth-order valence-corrected chi connectivity index (χ4v) is 6.40. The minimum Gasteiger partial charge on any atom is -0.289 e. The largest absolute Gasteiger partial charge is 0.289 e. The topological polar surface area (TPSA) is 17.1 Å². The van der Waals surface area contributed by atoms with Gasteiger partial charge in [0.25, 0.3) is 0 Å². The van der Waals surface area contributed by atoms with Gasteiger partial charge in [-0.15, -0.1) is 0 Å². The lowest BCUT2D eigenvalue weighted by molar-refractivity contribution is 0.103. The molecule has 0 fully saturated rings. The van der Waals surface area contributed by atoms with E-state index in [0.717, 1.165) is 39.8 Å². The second-order valence-electron chi connectivity index (χ2n) is 11.8. The summed E-state index contributed by atoms with van der Waals surface area (Å²) in [7, 11) is 0. The summed E-state index contributed by atoms with van der Waals surface area (Å²) in [5.74, 6) is 0.109. The molecule has 6 aromatic rings. The maximum atomic E-state index is 13.9. The molecule has 6 aromatic carbocycles. The number of hydrogen-bond acceptors (Lipinski definition) is 1. The van der Waals surface area contributed by atoms with E-state index in [0.29, 0.717) is 0 Å². The summed E-state index contributed by atoms with van der Waals surface area (Å²) in [6.45, 7) is 4.49. The van der Waals surface area contributed by atoms with Gasteiger partial charge in [-0.05, 0) is 74.2 Å². The molecule has 1 heteroatoms. The van der Waals surface area contributed by atoms with Crippen LogP contribution in [-0.2, 0) is 11.8 Å². The van der Waals surface area contributed by atoms with E-state index < -0.39 is 0 Å². The zero-order valence-electron chi connectivity index (χ0n) is 24.0. The Kier molecular flexibility index (Phi) is 6.44. The van der Waals surface area contributed by atoms with E-state index in [4.69, 9.17) is 0 Å². The van der Waals surface area contributed by atoms with Crippen LogP contribution in [-0.4, -0.2) is 5.78 Å². The predicted molar refractivity (Wildman–Crippen MR) is 174 cm³/mol. The molecular weight excluding hydrogens is 508 g/mol. The summed E-state index contributed by atoms with van der Waals surface area (Å²) >= 11 is 0. The summed E-state index contributed by atoms with van der Waals surface area (Å²) in [5, 5.41) is 0. The Labute approximate surface area is 248 Å². The molecule has 1 nitrogen and oxygen atoms in total. The van der Waals surface area contributed by atoms with Crippen LogP contribution in [0.5, 0.6) is 0 Å². The molecule has 42 heavy (non-hydrogen) atoms. The molecule has 0 saturated carbocycles. The number of carbonyl (C=O) groups excluding carboxylic acids is 1. The highest BCUT2D eigenvalue weighted by molar-refractivity contribution is 6.13. The first-order valence-corrected chi connectivity index (χ1v) is 14.6. The van der Waals surface area contributed by atoms with E-state index in [1.54, 1.807) is 0 Å². The number of rotatable bonds is 5. The summed E-state index contributed by atoms with van der Waals surface area (Å²) in [6, 6.07) is 51.1. The molecule has 0 amide bonds. The SMILES string of the molecule is CC1(C)c2ccc(-c3cccc(-c4ccccc4)c3)cc2C(=O)c2ccc(Cc3cccc(-c4ccccc4)c3)cc21. The molecule has 0 atom stereocenters. The van der Waals surface area contributed by atoms with Gasteiger partial charge in [-0.2, -0.15) is 0 Å². The Balaban J connectivity index is 1.21. The fraction of sp³-hybridized carbons (Fsp3) is 0.0976. The zero-order valence-corrected chi connectivity index (χ0v) is 24.0. The summed E-state index contributed by atoms with van der Waals surface area (Å²) in [5.41, 5.74) is 13.0. The van der Waals surface area contributed by atoms with Crippen molar-refractivity contribution in [3.63, 3.8) is 0 Å². The lowest BCUT2D eigenvalue weighted by atomic mass is 9.67. The smallest absolute Gasteiger partial charge is 0.193 e. The Morgan fingerprint density at radius 2 is 0.976 bits per heavy atom. The Bertz CT molecular complexity index is 1930. The molecule has 0 bridgehead atoms. The molecule has 1 aliphatic rings. The quantitative estimate of drug-likeness (QED) is 0.213. The van der Waals surface area contributed by atoms with E-state index in [2.05, 4.69) is 141 Å². The van der Waals surface area contributed by atoms with Gasteiger partial charge in [0.05, 0.1) is 0 Å². The molecule has 1 aliphatic carbocycles. The lowest BCUT2D eigenvalue weighted by Gasteiger charge is -2.35. The highest BCUT2D eigenvalue weighted by Gasteiger charge is 2.37. The first kappa shape index (κ1) is 25.9. The monoisotopic (exact) mass is 540 g/mol. The molecule has 0 radical (unpaired) electrons. The standard InChI is InChI=1S/C41H32O/c1-41(2)38-22-20-35(34-18-10-17-33(26-34)31-14-7-4-8-15-31)27-37(38)40(42)36-21-19-29(25-39(36)41)23-28-11-9-16-32(24-28)30-12-5-3-6-13-30/h3-22,24-27H,23H2,1-2H3. The van der Waals surface area contributed by atoms with Crippen LogP contribution in [0.15, 0.2) is 146 Å². The molecule has 0 N–H and O–H groups in total. The van der Waals surface area contributed by atoms with Crippen LogP contribution in [0.2, 0.25) is 0 Å². The van der Waals surface area contributed by atoms with Gasteiger partial charge in [-0.25, -0.2) is 0 Å². The Morgan fingerprint density at radius 1 is 0.429 bits per heavy atom. The average Bonchev–Trinajstić information content (AvgIpc) is 3.05. The van der Waals surface area contributed by atoms with Gasteiger partial charge in [-0.1, -0.05) is 147 Å². The van der Waals surface area contributed by atoms with Crippen molar-refractivity contribution in [3.05, 3.63) is 179 Å². The summed E-state index contributed by atoms with van der Waals surface area (Å²) in [4.78, 5) is 13.9. The van der Waals surface area contributed by atoms with Crippen molar-refractivity contribution in [2.24, 2.45) is 0 Å². The van der Waals surface area contributed by atoms with Gasteiger partial charge in [-0.3, -0.25) is 4.79 Å². The minimum absolute atomic E-state index is 0.109. The number of benzene rings is 6. The van der Waals surface area contributed by atoms with Gasteiger partial charge in [0, 0.05) is 16.5 Å². The first-order valence-electron chi connectivity index (χ1n) is 14.6. The molecular formula is C41H32O. The van der Waals surface area contributed by atoms with E-state index in [-0.39, 0.29) is 11.2 Å². The van der Waals surface area contributed by atoms with Crippen molar-refractivity contribution in [2.75, 3.05) is 0 Å². The third-order valence-corrected chi connectivity index (χ3v) is 8.68. The van der Waals surface area contributed by atoms with E-state index in [9.17, 15) is 4.79 Å². The van der Waals surface area contributed by atoms with Crippen LogP contribution >= 0.6 is 0 Å². The fourth-order valence-electron chi connectivity index (χ4n) is 6.40. The average molecular weight is 541 g/mol. The van der Waals surface area contributed by atoms with Crippen LogP contribution in [0, 0.1) is 0 Å². The van der Waals surface area contributed by atoms with E-state index in [1.807, 2.05) is 18.2 Å². The third kappa shape index (κ3) is 4.67. The highest BCUT2D eigenvalue weighted by Crippen LogP contribution is 2.43. The Hall–Kier alpha value is -5.01. The van der Waals surface area contributed by atoms with Gasteiger partial charge < -0.3 is 0 Å². The number of carbonyl (C=O) groups is 1. The van der Waals surface area contributed by atoms with E-state index >= 15 is 0 Å². The lowest BCUT2D eigenvalue weighted by Crippen LogP contribution is -2.30. The summed E-state index contributed by atoms with van der Waals surface area (Å²) < 4.78 is 0. The number of ketones is 1. The molecule has 0 aromatic heterocycles. The van der Waals surface area contributed by atoms with Gasteiger partial charge in [0.2, 0.25) is 0 Å². The van der Waals surface area contributed by atoms with Crippen LogP contribution in [0.4, 0.5) is 0 Å². The van der Waals surface area contributed by atoms with Crippen molar-refractivity contribution < 1.29 is 4.79 Å². The van der Waals surface area contributed by atoms with Gasteiger partial charge >= 0.3 is 0 Å². The predicted octanol–water partition coefficient (Wildman–Crippen LogP) is 10.1. The zero-order chi connectivity index (χ0) is 28.7. The third-order valence-electron chi connectivity index (χ3n) is 8.68. The normalized spacial score (nSPS) is 13.3. The molecule has 0 aliphatic heterocycles. The van der Waals surface area contributed by atoms with Crippen LogP contribution in [0.25, 0.3) is 33.4 Å². The minimum atomic E-state index is -0.287. The van der Waals surface area contributed by atoms with Crippen molar-refractivity contribution in [2.45, 2.75) is 25.7 Å². The van der Waals surface area contributed by atoms with Crippen LogP contribution in [0.1, 0.15) is 52.0 Å². The number of fused-ring (bicyclic) bond motifs is 2. The molecule has 202 valence electrons. The second-order valence-corrected chi connectivity index (χ2v) is 11.8.